The predicted molar refractivity (Wildman–Crippen MR) is 152 cm³/mol. The second-order valence-electron chi connectivity index (χ2n) is 10.9. The maximum absolute atomic E-state index is 15.8. The van der Waals surface area contributed by atoms with E-state index in [1.807, 2.05) is 24.3 Å². The van der Waals surface area contributed by atoms with Gasteiger partial charge in [0.2, 0.25) is 11.2 Å². The number of nitrogens with zero attached hydrogens (tertiary/aromatic N) is 3. The highest BCUT2D eigenvalue weighted by Gasteiger charge is 2.50. The number of amides is 1. The Balaban J connectivity index is 1.47. The summed E-state index contributed by atoms with van der Waals surface area (Å²) in [6.07, 6.45) is -1.20. The van der Waals surface area contributed by atoms with Crippen molar-refractivity contribution in [3.05, 3.63) is 98.0 Å². The third kappa shape index (κ3) is 3.59. The maximum Gasteiger partial charge on any atom is 0.513 e. The Morgan fingerprint density at radius 3 is 2.73 bits per heavy atom. The molecule has 0 radical (unpaired) electrons. The van der Waals surface area contributed by atoms with E-state index in [1.165, 1.54) is 33.2 Å². The van der Waals surface area contributed by atoms with Crippen molar-refractivity contribution in [2.45, 2.75) is 24.6 Å². The number of rotatable bonds is 2. The number of benzene rings is 2. The molecule has 1 fully saturated rings. The summed E-state index contributed by atoms with van der Waals surface area (Å²) in [7, 11) is 1.07. The summed E-state index contributed by atoms with van der Waals surface area (Å²) in [5.41, 5.74) is 1.36. The number of methoxy groups -OCH3 is 1. The quantitative estimate of drug-likeness (QED) is 0.290. The smallest absolute Gasteiger partial charge is 0.437 e. The van der Waals surface area contributed by atoms with Gasteiger partial charge in [0.25, 0.3) is 11.8 Å². The standard InChI is InChI=1S/C31H22F3N3O6S/c1-41-30(40)43-27-20(38)8-9-36-26(27)29(39)35-10-11-42-13-21(35)37(36)25-16-4-2-3-5-17(16)28-22-15(14-44-28)12-31(33,34)24-19(32)7-6-18(25)23(22)24/h2-9,14,21,25H,10-13H2,1H3/t21-,25-/m1/s1. The van der Waals surface area contributed by atoms with Gasteiger partial charge in [0.05, 0.1) is 31.9 Å². The van der Waals surface area contributed by atoms with Crippen molar-refractivity contribution >= 4 is 23.4 Å². The van der Waals surface area contributed by atoms with Crippen LogP contribution in [0.2, 0.25) is 0 Å². The van der Waals surface area contributed by atoms with Crippen LogP contribution in [0.3, 0.4) is 0 Å². The molecule has 0 spiro atoms. The van der Waals surface area contributed by atoms with E-state index < -0.39 is 59.2 Å². The SMILES string of the molecule is COC(=O)Oc1c2n(ccc1=O)N([C@@H]1c3ccccc3-c3scc4c3-c3c1ccc(F)c3C(F)(F)C4)[C@@H]1COCCN1C2=O. The summed E-state index contributed by atoms with van der Waals surface area (Å²) >= 11 is 1.32. The number of alkyl halides is 2. The number of hydrogen-bond acceptors (Lipinski definition) is 8. The molecular formula is C31H22F3N3O6S. The highest BCUT2D eigenvalue weighted by atomic mass is 32.1. The van der Waals surface area contributed by atoms with Crippen LogP contribution in [0.4, 0.5) is 18.0 Å². The third-order valence-electron chi connectivity index (χ3n) is 8.65. The predicted octanol–water partition coefficient (Wildman–Crippen LogP) is 5.03. The summed E-state index contributed by atoms with van der Waals surface area (Å²) < 4.78 is 64.1. The molecule has 0 bridgehead atoms. The molecule has 8 rings (SSSR count). The summed E-state index contributed by atoms with van der Waals surface area (Å²) in [4.78, 5) is 41.4. The second kappa shape index (κ2) is 9.44. The second-order valence-corrected chi connectivity index (χ2v) is 11.8. The lowest BCUT2D eigenvalue weighted by Crippen LogP contribution is -2.66. The largest absolute Gasteiger partial charge is 0.513 e. The lowest BCUT2D eigenvalue weighted by Gasteiger charge is -2.51. The molecule has 4 aromatic rings. The topological polar surface area (TPSA) is 90.3 Å². The first kappa shape index (κ1) is 27.0. The first-order valence-electron chi connectivity index (χ1n) is 13.8. The fourth-order valence-corrected chi connectivity index (χ4v) is 8.03. The number of aromatic nitrogens is 1. The summed E-state index contributed by atoms with van der Waals surface area (Å²) in [6.45, 7) is 0.405. The Kier molecular flexibility index (Phi) is 5.78. The molecule has 0 unspecified atom stereocenters. The molecule has 4 aliphatic rings. The summed E-state index contributed by atoms with van der Waals surface area (Å²) in [6, 6.07) is 10.3. The van der Waals surface area contributed by atoms with Crippen molar-refractivity contribution in [1.82, 2.24) is 9.58 Å². The lowest BCUT2D eigenvalue weighted by molar-refractivity contribution is -0.0197. The van der Waals surface area contributed by atoms with Gasteiger partial charge in [-0.25, -0.2) is 18.0 Å². The van der Waals surface area contributed by atoms with Crippen LogP contribution in [0, 0.1) is 5.82 Å². The summed E-state index contributed by atoms with van der Waals surface area (Å²) in [5.74, 6) is -5.59. The van der Waals surface area contributed by atoms with Crippen LogP contribution in [-0.4, -0.2) is 54.7 Å². The number of hydrogen-bond donors (Lipinski definition) is 0. The molecule has 2 atom stereocenters. The Labute approximate surface area is 251 Å². The zero-order valence-corrected chi connectivity index (χ0v) is 23.8. The molecule has 9 nitrogen and oxygen atoms in total. The van der Waals surface area contributed by atoms with E-state index >= 15 is 13.2 Å². The molecule has 224 valence electrons. The minimum Gasteiger partial charge on any atom is -0.437 e. The highest BCUT2D eigenvalue weighted by Crippen LogP contribution is 2.58. The lowest BCUT2D eigenvalue weighted by atomic mass is 9.80. The zero-order chi connectivity index (χ0) is 30.5. The van der Waals surface area contributed by atoms with Crippen LogP contribution < -0.4 is 15.2 Å². The average Bonchev–Trinajstić information content (AvgIpc) is 3.38. The normalized spacial score (nSPS) is 20.6. The molecule has 2 aliphatic carbocycles. The van der Waals surface area contributed by atoms with Crippen molar-refractivity contribution in [2.75, 3.05) is 31.9 Å². The number of carbonyl (C=O) groups is 2. The molecule has 2 aromatic carbocycles. The van der Waals surface area contributed by atoms with Crippen LogP contribution in [0.5, 0.6) is 5.75 Å². The van der Waals surface area contributed by atoms with Crippen molar-refractivity contribution < 1.29 is 37.0 Å². The van der Waals surface area contributed by atoms with E-state index in [-0.39, 0.29) is 31.0 Å². The Bertz CT molecular complexity index is 1970. The van der Waals surface area contributed by atoms with Gasteiger partial charge in [0, 0.05) is 41.2 Å². The van der Waals surface area contributed by atoms with E-state index in [0.717, 1.165) is 29.7 Å². The van der Waals surface area contributed by atoms with Crippen molar-refractivity contribution in [3.8, 4) is 27.3 Å². The number of thiophene rings is 1. The molecule has 1 saturated heterocycles. The zero-order valence-electron chi connectivity index (χ0n) is 23.0. The summed E-state index contributed by atoms with van der Waals surface area (Å²) in [5, 5.41) is 3.47. The van der Waals surface area contributed by atoms with Gasteiger partial charge in [-0.3, -0.25) is 19.3 Å². The van der Waals surface area contributed by atoms with Gasteiger partial charge >= 0.3 is 6.16 Å². The maximum atomic E-state index is 15.8. The Morgan fingerprint density at radius 2 is 1.91 bits per heavy atom. The molecule has 44 heavy (non-hydrogen) atoms. The third-order valence-corrected chi connectivity index (χ3v) is 9.71. The number of fused-ring (bicyclic) bond motifs is 4. The van der Waals surface area contributed by atoms with Crippen LogP contribution in [0.25, 0.3) is 21.6 Å². The highest BCUT2D eigenvalue weighted by molar-refractivity contribution is 7.14. The van der Waals surface area contributed by atoms with Gasteiger partial charge in [0.15, 0.2) is 5.69 Å². The van der Waals surface area contributed by atoms with Gasteiger partial charge in [-0.05, 0) is 33.7 Å². The van der Waals surface area contributed by atoms with Crippen molar-refractivity contribution in [2.24, 2.45) is 0 Å². The molecule has 1 amide bonds. The Hall–Kier alpha value is -4.62. The van der Waals surface area contributed by atoms with E-state index in [2.05, 4.69) is 4.74 Å². The molecule has 2 aromatic heterocycles. The van der Waals surface area contributed by atoms with Crippen molar-refractivity contribution in [3.63, 3.8) is 0 Å². The minimum absolute atomic E-state index is 0.0513. The first-order chi connectivity index (χ1) is 21.2. The number of morpholine rings is 1. The van der Waals surface area contributed by atoms with Gasteiger partial charge < -0.3 is 19.1 Å². The molecule has 0 N–H and O–H groups in total. The van der Waals surface area contributed by atoms with Crippen LogP contribution in [-0.2, 0) is 21.8 Å². The van der Waals surface area contributed by atoms with E-state index in [9.17, 15) is 14.4 Å². The first-order valence-corrected chi connectivity index (χ1v) is 14.7. The fourth-order valence-electron chi connectivity index (χ4n) is 6.91. The van der Waals surface area contributed by atoms with Gasteiger partial charge in [-0.2, -0.15) is 0 Å². The number of ether oxygens (including phenoxy) is 3. The number of carbonyl (C=O) groups excluding carboxylic acids is 2. The van der Waals surface area contributed by atoms with Crippen molar-refractivity contribution in [1.29, 1.82) is 0 Å². The van der Waals surface area contributed by atoms with E-state index in [1.54, 1.807) is 10.4 Å². The molecular weight excluding hydrogens is 599 g/mol. The molecule has 2 aliphatic heterocycles. The monoisotopic (exact) mass is 621 g/mol. The van der Waals surface area contributed by atoms with Crippen LogP contribution in [0.1, 0.15) is 38.8 Å². The Morgan fingerprint density at radius 1 is 1.09 bits per heavy atom. The van der Waals surface area contributed by atoms with Crippen LogP contribution >= 0.6 is 11.3 Å². The molecule has 4 heterocycles. The molecule has 13 heteroatoms. The fraction of sp³-hybridized carbons (Fsp3) is 0.258. The van der Waals surface area contributed by atoms with Gasteiger partial charge in [-0.1, -0.05) is 30.3 Å². The number of halogens is 3. The van der Waals surface area contributed by atoms with E-state index in [4.69, 9.17) is 9.47 Å². The number of pyridine rings is 1. The molecule has 0 saturated carbocycles. The van der Waals surface area contributed by atoms with Crippen LogP contribution in [0.15, 0.2) is 58.8 Å². The van der Waals surface area contributed by atoms with Gasteiger partial charge in [-0.15, -0.1) is 11.3 Å². The van der Waals surface area contributed by atoms with Gasteiger partial charge in [0.1, 0.15) is 12.0 Å². The average molecular weight is 622 g/mol. The minimum atomic E-state index is -3.47. The van der Waals surface area contributed by atoms with E-state index in [0.29, 0.717) is 22.3 Å².